The summed E-state index contributed by atoms with van der Waals surface area (Å²) in [6.45, 7) is 14.9. The van der Waals surface area contributed by atoms with Crippen molar-refractivity contribution in [2.24, 2.45) is 0 Å². The molecule has 0 aliphatic heterocycles. The molecular weight excluding hydrogens is 535 g/mol. The summed E-state index contributed by atoms with van der Waals surface area (Å²) in [5.74, 6) is -9.89. The Kier molecular flexibility index (Phi) is 6.91. The van der Waals surface area contributed by atoms with Crippen molar-refractivity contribution in [2.45, 2.75) is 70.9 Å². The molecule has 0 N–H and O–H groups in total. The smallest absolute Gasteiger partial charge is 0.194 e. The Morgan fingerprint density at radius 1 is 0.629 bits per heavy atom. The molecule has 0 saturated heterocycles. The van der Waals surface area contributed by atoms with E-state index in [0.717, 1.165) is 22.7 Å². The summed E-state index contributed by atoms with van der Waals surface area (Å²) in [5, 5.41) is 0. The maximum absolute atomic E-state index is 15.2. The SMILES string of the molecule is Cc1sc(C#C[Si](C)(C)C)cc1C1=C(c2cc(C#C[Si](C)(C)C)sc2C)C(F)(F)C(F)(F)C1(F)F. The van der Waals surface area contributed by atoms with Gasteiger partial charge in [0.05, 0.1) is 9.75 Å². The third kappa shape index (κ3) is 5.08. The number of hydrogen-bond acceptors (Lipinski definition) is 2. The topological polar surface area (TPSA) is 0 Å². The van der Waals surface area contributed by atoms with Crippen molar-refractivity contribution >= 4 is 50.0 Å². The lowest BCUT2D eigenvalue weighted by Gasteiger charge is -2.25. The fourth-order valence-corrected chi connectivity index (χ4v) is 6.47. The van der Waals surface area contributed by atoms with Crippen molar-refractivity contribution in [1.82, 2.24) is 0 Å². The summed E-state index contributed by atoms with van der Waals surface area (Å²) in [6, 6.07) is 2.48. The van der Waals surface area contributed by atoms with E-state index >= 15 is 17.6 Å². The number of thiophene rings is 2. The lowest BCUT2D eigenvalue weighted by molar-refractivity contribution is -0.254. The van der Waals surface area contributed by atoms with Gasteiger partial charge in [-0.25, -0.2) is 0 Å². The fourth-order valence-electron chi connectivity index (χ4n) is 3.51. The van der Waals surface area contributed by atoms with Gasteiger partial charge in [-0.1, -0.05) is 51.1 Å². The normalized spacial score (nSPS) is 18.7. The van der Waals surface area contributed by atoms with Crippen LogP contribution in [0.5, 0.6) is 0 Å². The highest BCUT2D eigenvalue weighted by atomic mass is 32.1. The van der Waals surface area contributed by atoms with Gasteiger partial charge in [0.2, 0.25) is 0 Å². The molecule has 1 aliphatic rings. The van der Waals surface area contributed by atoms with Crippen LogP contribution >= 0.6 is 22.7 Å². The summed E-state index contributed by atoms with van der Waals surface area (Å²) < 4.78 is 90.1. The van der Waals surface area contributed by atoms with Gasteiger partial charge in [-0.2, -0.15) is 26.3 Å². The molecule has 0 atom stereocenters. The molecule has 2 aromatic rings. The number of alkyl halides is 6. The highest BCUT2D eigenvalue weighted by Crippen LogP contribution is 2.65. The maximum atomic E-state index is 15.2. The maximum Gasteiger partial charge on any atom is 0.380 e. The summed E-state index contributed by atoms with van der Waals surface area (Å²) in [6.07, 6.45) is 0. The minimum absolute atomic E-state index is 0.234. The van der Waals surface area contributed by atoms with Gasteiger partial charge in [-0.3, -0.25) is 0 Å². The standard InChI is InChI=1S/C25H26F6S2Si2/c1-15-19(13-17(32-15)9-11-34(3,4)5)21-22(24(28,29)25(30,31)23(21,26)27)20-14-18(33-16(20)2)10-12-35(6,7)8/h13-14H,1-8H3. The molecular formula is C25H26F6S2Si2. The molecule has 0 radical (unpaired) electrons. The number of allylic oxidation sites excluding steroid dienone is 2. The van der Waals surface area contributed by atoms with Crippen LogP contribution in [0, 0.1) is 36.8 Å². The van der Waals surface area contributed by atoms with Crippen molar-refractivity contribution in [2.75, 3.05) is 0 Å². The second-order valence-corrected chi connectivity index (χ2v) is 22.6. The molecule has 0 fully saturated rings. The van der Waals surface area contributed by atoms with E-state index in [4.69, 9.17) is 0 Å². The van der Waals surface area contributed by atoms with Crippen LogP contribution in [0.3, 0.4) is 0 Å². The number of hydrogen-bond donors (Lipinski definition) is 0. The van der Waals surface area contributed by atoms with Crippen LogP contribution in [0.1, 0.15) is 30.6 Å². The van der Waals surface area contributed by atoms with E-state index in [2.05, 4.69) is 22.9 Å². The third-order valence-corrected chi connectivity index (χ3v) is 8.84. The summed E-state index contributed by atoms with van der Waals surface area (Å²) >= 11 is 2.07. The Morgan fingerprint density at radius 2 is 0.943 bits per heavy atom. The zero-order chi connectivity index (χ0) is 26.8. The second-order valence-electron chi connectivity index (χ2n) is 10.6. The minimum atomic E-state index is -5.58. The molecule has 0 amide bonds. The van der Waals surface area contributed by atoms with Crippen LogP contribution in [0.25, 0.3) is 11.1 Å². The Labute approximate surface area is 212 Å². The van der Waals surface area contributed by atoms with Crippen LogP contribution in [0.4, 0.5) is 26.3 Å². The van der Waals surface area contributed by atoms with Gasteiger partial charge < -0.3 is 0 Å². The highest BCUT2D eigenvalue weighted by Gasteiger charge is 2.80. The molecule has 0 aromatic carbocycles. The van der Waals surface area contributed by atoms with Gasteiger partial charge >= 0.3 is 17.8 Å². The van der Waals surface area contributed by atoms with E-state index in [1.807, 2.05) is 39.3 Å². The summed E-state index contributed by atoms with van der Waals surface area (Å²) in [7, 11) is -3.62. The summed E-state index contributed by atoms with van der Waals surface area (Å²) in [4.78, 5) is 1.23. The van der Waals surface area contributed by atoms with Gasteiger partial charge in [0.25, 0.3) is 0 Å². The molecule has 2 aromatic heterocycles. The van der Waals surface area contributed by atoms with Crippen molar-refractivity contribution in [1.29, 1.82) is 0 Å². The summed E-state index contributed by atoms with van der Waals surface area (Å²) in [5.41, 5.74) is 2.91. The van der Waals surface area contributed by atoms with E-state index in [1.54, 1.807) is 0 Å². The van der Waals surface area contributed by atoms with E-state index < -0.39 is 45.1 Å². The fraction of sp³-hybridized carbons (Fsp3) is 0.440. The van der Waals surface area contributed by atoms with Crippen LogP contribution in [-0.4, -0.2) is 33.9 Å². The average molecular weight is 561 g/mol. The second kappa shape index (κ2) is 8.69. The quantitative estimate of drug-likeness (QED) is 0.196. The Hall–Kier alpha value is -1.73. The van der Waals surface area contributed by atoms with E-state index in [-0.39, 0.29) is 20.9 Å². The molecule has 2 heterocycles. The van der Waals surface area contributed by atoms with E-state index in [1.165, 1.54) is 26.0 Å². The Morgan fingerprint density at radius 3 is 1.23 bits per heavy atom. The first kappa shape index (κ1) is 27.9. The number of halogens is 6. The molecule has 188 valence electrons. The molecule has 0 nitrogen and oxygen atoms in total. The molecule has 0 spiro atoms. The first-order valence-electron chi connectivity index (χ1n) is 10.9. The van der Waals surface area contributed by atoms with Gasteiger partial charge in [0.1, 0.15) is 16.1 Å². The van der Waals surface area contributed by atoms with Crippen molar-refractivity contribution < 1.29 is 26.3 Å². The monoisotopic (exact) mass is 560 g/mol. The first-order valence-corrected chi connectivity index (χ1v) is 19.5. The third-order valence-electron chi connectivity index (χ3n) is 5.16. The molecule has 0 saturated carbocycles. The Balaban J connectivity index is 2.33. The van der Waals surface area contributed by atoms with Crippen LogP contribution in [-0.2, 0) is 0 Å². The van der Waals surface area contributed by atoms with Gasteiger partial charge in [0.15, 0.2) is 0 Å². The van der Waals surface area contributed by atoms with Crippen LogP contribution < -0.4 is 0 Å². The highest BCUT2D eigenvalue weighted by molar-refractivity contribution is 7.13. The number of rotatable bonds is 2. The van der Waals surface area contributed by atoms with Crippen molar-refractivity contribution in [3.05, 3.63) is 42.8 Å². The van der Waals surface area contributed by atoms with E-state index in [9.17, 15) is 8.78 Å². The number of aryl methyl sites for hydroxylation is 2. The lowest BCUT2D eigenvalue weighted by Crippen LogP contribution is -2.48. The van der Waals surface area contributed by atoms with Gasteiger partial charge in [-0.05, 0) is 37.1 Å². The molecule has 3 rings (SSSR count). The predicted molar refractivity (Wildman–Crippen MR) is 140 cm³/mol. The predicted octanol–water partition coefficient (Wildman–Crippen LogP) is 8.71. The van der Waals surface area contributed by atoms with E-state index in [0.29, 0.717) is 9.75 Å². The van der Waals surface area contributed by atoms with Gasteiger partial charge in [0, 0.05) is 20.9 Å². The van der Waals surface area contributed by atoms with Crippen LogP contribution in [0.15, 0.2) is 12.1 Å². The molecule has 0 bridgehead atoms. The van der Waals surface area contributed by atoms with Gasteiger partial charge in [-0.15, -0.1) is 33.8 Å². The van der Waals surface area contributed by atoms with Crippen molar-refractivity contribution in [3.63, 3.8) is 0 Å². The van der Waals surface area contributed by atoms with Crippen LogP contribution in [0.2, 0.25) is 39.3 Å². The molecule has 0 unspecified atom stereocenters. The Bertz CT molecular complexity index is 1230. The largest absolute Gasteiger partial charge is 0.380 e. The molecule has 35 heavy (non-hydrogen) atoms. The zero-order valence-corrected chi connectivity index (χ0v) is 24.4. The molecule has 1 aliphatic carbocycles. The van der Waals surface area contributed by atoms with Crippen molar-refractivity contribution in [3.8, 4) is 22.9 Å². The minimum Gasteiger partial charge on any atom is -0.194 e. The average Bonchev–Trinajstić information content (AvgIpc) is 3.25. The first-order chi connectivity index (χ1) is 15.7. The lowest BCUT2D eigenvalue weighted by atomic mass is 9.95. The zero-order valence-electron chi connectivity index (χ0n) is 20.7. The molecule has 10 heteroatoms.